The van der Waals surface area contributed by atoms with Crippen molar-refractivity contribution in [2.45, 2.75) is 12.3 Å². The van der Waals surface area contributed by atoms with Gasteiger partial charge in [-0.05, 0) is 0 Å². The lowest BCUT2D eigenvalue weighted by molar-refractivity contribution is -0.0930. The van der Waals surface area contributed by atoms with E-state index in [9.17, 15) is 0 Å². The van der Waals surface area contributed by atoms with Crippen LogP contribution in [-0.4, -0.2) is 24.0 Å². The molecule has 0 bridgehead atoms. The maximum atomic E-state index is 8.41. The van der Waals surface area contributed by atoms with Crippen molar-refractivity contribution in [1.82, 2.24) is 0 Å². The van der Waals surface area contributed by atoms with Crippen LogP contribution in [0.3, 0.4) is 0 Å². The van der Waals surface area contributed by atoms with E-state index in [-0.39, 0.29) is 6.61 Å². The molecule has 6 heteroatoms. The van der Waals surface area contributed by atoms with Gasteiger partial charge in [-0.1, -0.05) is 0 Å². The van der Waals surface area contributed by atoms with Gasteiger partial charge in [0.05, 0.1) is 6.61 Å². The smallest absolute Gasteiger partial charge is 0.157 e. The van der Waals surface area contributed by atoms with Gasteiger partial charge in [-0.25, -0.2) is 11.8 Å². The van der Waals surface area contributed by atoms with Crippen LogP contribution in [-0.2, 0) is 9.68 Å². The molecule has 0 aliphatic carbocycles. The predicted octanol–water partition coefficient (Wildman–Crippen LogP) is -2.59. The minimum atomic E-state index is -0.889. The topological polar surface area (TPSA) is 117 Å². The fourth-order valence-electron chi connectivity index (χ4n) is 0.312. The summed E-state index contributed by atoms with van der Waals surface area (Å²) in [5.74, 6) is 9.34. The Kier molecular flexibility index (Phi) is 4.50. The van der Waals surface area contributed by atoms with Crippen LogP contribution in [0.15, 0.2) is 0 Å². The summed E-state index contributed by atoms with van der Waals surface area (Å²) in [6, 6.07) is 0. The lowest BCUT2D eigenvalue weighted by Gasteiger charge is -2.16. The largest absolute Gasteiger partial charge is 0.393 e. The molecule has 6 nitrogen and oxygen atoms in total. The molecule has 0 saturated carbocycles. The molecule has 0 amide bonds. The summed E-state index contributed by atoms with van der Waals surface area (Å²) in [6.45, 7) is -0.325. The van der Waals surface area contributed by atoms with Crippen LogP contribution in [0.5, 0.6) is 0 Å². The van der Waals surface area contributed by atoms with Crippen molar-refractivity contribution in [2.24, 2.45) is 17.5 Å². The minimum Gasteiger partial charge on any atom is -0.393 e. The molecule has 0 aromatic rings. The Labute approximate surface area is 52.4 Å². The van der Waals surface area contributed by atoms with Crippen molar-refractivity contribution in [3.05, 3.63) is 0 Å². The van der Waals surface area contributed by atoms with Crippen molar-refractivity contribution in [3.63, 3.8) is 0 Å². The fraction of sp³-hybridized carbons (Fsp3) is 1.00. The summed E-state index contributed by atoms with van der Waals surface area (Å²) in [4.78, 5) is 8.28. The first-order chi connectivity index (χ1) is 4.26. The van der Waals surface area contributed by atoms with Gasteiger partial charge >= 0.3 is 0 Å². The third-order valence-corrected chi connectivity index (χ3v) is 0.878. The van der Waals surface area contributed by atoms with Crippen LogP contribution < -0.4 is 17.5 Å². The first kappa shape index (κ1) is 8.76. The molecule has 0 fully saturated rings. The van der Waals surface area contributed by atoms with E-state index in [0.29, 0.717) is 0 Å². The zero-order chi connectivity index (χ0) is 7.28. The summed E-state index contributed by atoms with van der Waals surface area (Å²) < 4.78 is 0. The van der Waals surface area contributed by atoms with Crippen LogP contribution >= 0.6 is 0 Å². The molecule has 0 saturated heterocycles. The number of aliphatic hydroxyl groups is 1. The van der Waals surface area contributed by atoms with E-state index in [2.05, 4.69) is 21.5 Å². The van der Waals surface area contributed by atoms with Gasteiger partial charge in [-0.15, -0.1) is 0 Å². The lowest BCUT2D eigenvalue weighted by Crippen LogP contribution is -2.44. The van der Waals surface area contributed by atoms with Crippen LogP contribution in [0.4, 0.5) is 0 Å². The van der Waals surface area contributed by atoms with E-state index in [1.165, 1.54) is 0 Å². The second-order valence-electron chi connectivity index (χ2n) is 1.46. The predicted molar refractivity (Wildman–Crippen MR) is 29.4 cm³/mol. The Morgan fingerprint density at radius 1 is 1.33 bits per heavy atom. The molecule has 0 aliphatic heterocycles. The molecule has 2 unspecified atom stereocenters. The molecule has 0 aliphatic rings. The molecule has 0 radical (unpaired) electrons. The van der Waals surface area contributed by atoms with Gasteiger partial charge in [-0.3, -0.25) is 9.68 Å². The second kappa shape index (κ2) is 4.62. The van der Waals surface area contributed by atoms with Crippen LogP contribution in [0.25, 0.3) is 0 Å². The van der Waals surface area contributed by atoms with Crippen molar-refractivity contribution in [1.29, 1.82) is 0 Å². The Balaban J connectivity index is 3.50. The third-order valence-electron chi connectivity index (χ3n) is 0.878. The third kappa shape index (κ3) is 2.70. The van der Waals surface area contributed by atoms with Gasteiger partial charge in [-0.2, -0.15) is 0 Å². The van der Waals surface area contributed by atoms with Crippen LogP contribution in [0.1, 0.15) is 0 Å². The maximum Gasteiger partial charge on any atom is 0.157 e. The summed E-state index contributed by atoms with van der Waals surface area (Å²) in [5, 5.41) is 8.41. The summed E-state index contributed by atoms with van der Waals surface area (Å²) in [5.41, 5.74) is 5.13. The number of rotatable bonds is 4. The van der Waals surface area contributed by atoms with Gasteiger partial charge in [0.1, 0.15) is 6.10 Å². The van der Waals surface area contributed by atoms with Gasteiger partial charge in [0.15, 0.2) is 6.23 Å². The molecule has 0 heterocycles. The minimum absolute atomic E-state index is 0.325. The van der Waals surface area contributed by atoms with E-state index < -0.39 is 12.3 Å². The number of nitrogens with two attached hydrogens (primary N) is 3. The van der Waals surface area contributed by atoms with E-state index in [1.807, 2.05) is 0 Å². The van der Waals surface area contributed by atoms with E-state index in [4.69, 9.17) is 10.8 Å². The Bertz CT molecular complexity index is 67.3. The van der Waals surface area contributed by atoms with Gasteiger partial charge < -0.3 is 10.8 Å². The maximum absolute atomic E-state index is 8.41. The van der Waals surface area contributed by atoms with E-state index in [1.54, 1.807) is 0 Å². The summed E-state index contributed by atoms with van der Waals surface area (Å²) in [7, 11) is 0. The van der Waals surface area contributed by atoms with E-state index in [0.717, 1.165) is 0 Å². The number of hydrogen-bond donors (Lipinski definition) is 4. The highest BCUT2D eigenvalue weighted by Gasteiger charge is 2.15. The number of aliphatic hydroxyl groups excluding tert-OH is 1. The zero-order valence-corrected chi connectivity index (χ0v) is 4.86. The van der Waals surface area contributed by atoms with Gasteiger partial charge in [0.2, 0.25) is 0 Å². The van der Waals surface area contributed by atoms with E-state index >= 15 is 0 Å². The van der Waals surface area contributed by atoms with Crippen molar-refractivity contribution < 1.29 is 14.8 Å². The quantitative estimate of drug-likeness (QED) is 0.249. The van der Waals surface area contributed by atoms with Crippen molar-refractivity contribution in [2.75, 3.05) is 6.61 Å². The summed E-state index contributed by atoms with van der Waals surface area (Å²) >= 11 is 0. The highest BCUT2D eigenvalue weighted by atomic mass is 16.7. The SMILES string of the molecule is NOC(N)C(CO)ON. The highest BCUT2D eigenvalue weighted by Crippen LogP contribution is 1.90. The van der Waals surface area contributed by atoms with Crippen LogP contribution in [0, 0.1) is 0 Å². The molecule has 0 aromatic heterocycles. The lowest BCUT2D eigenvalue weighted by atomic mass is 10.3. The second-order valence-corrected chi connectivity index (χ2v) is 1.46. The van der Waals surface area contributed by atoms with Crippen LogP contribution in [0.2, 0.25) is 0 Å². The zero-order valence-electron chi connectivity index (χ0n) is 4.86. The molecule has 56 valence electrons. The molecule has 7 N–H and O–H groups in total. The fourth-order valence-corrected chi connectivity index (χ4v) is 0.312. The Morgan fingerprint density at radius 3 is 2.00 bits per heavy atom. The molecule has 2 atom stereocenters. The highest BCUT2D eigenvalue weighted by molar-refractivity contribution is 4.60. The molecular weight excluding hydrogens is 126 g/mol. The Morgan fingerprint density at radius 2 is 1.89 bits per heavy atom. The average Bonchev–Trinajstić information content (AvgIpc) is 1.90. The van der Waals surface area contributed by atoms with Crippen molar-refractivity contribution in [3.8, 4) is 0 Å². The molecule has 0 aromatic carbocycles. The first-order valence-corrected chi connectivity index (χ1v) is 2.33. The average molecular weight is 137 g/mol. The van der Waals surface area contributed by atoms with Crippen molar-refractivity contribution >= 4 is 0 Å². The summed E-state index contributed by atoms with van der Waals surface area (Å²) in [6.07, 6.45) is -1.66. The normalized spacial score (nSPS) is 17.3. The first-order valence-electron chi connectivity index (χ1n) is 2.33. The molecule has 0 rings (SSSR count). The molecular formula is C3H11N3O3. The molecule has 9 heavy (non-hydrogen) atoms. The van der Waals surface area contributed by atoms with Gasteiger partial charge in [0.25, 0.3) is 0 Å². The standard InChI is InChI=1S/C3H11N3O3/c4-3(9-6)2(1-7)8-5/h2-3,7H,1,4-6H2. The molecule has 0 spiro atoms. The Hall–Kier alpha value is -0.240. The van der Waals surface area contributed by atoms with Gasteiger partial charge in [0, 0.05) is 0 Å². The monoisotopic (exact) mass is 137 g/mol. The number of hydrogen-bond acceptors (Lipinski definition) is 6.